The number of carbonyl (C=O) groups is 3. The minimum Gasteiger partial charge on any atom is -0.317 e. The average molecular weight is 293 g/mol. The lowest BCUT2D eigenvalue weighted by molar-refractivity contribution is -0.383. The Morgan fingerprint density at radius 2 is 2.05 bits per heavy atom. The lowest BCUT2D eigenvalue weighted by atomic mass is 10.2. The highest BCUT2D eigenvalue weighted by Crippen LogP contribution is 2.25. The third-order valence-electron chi connectivity index (χ3n) is 2.26. The quantitative estimate of drug-likeness (QED) is 0.494. The summed E-state index contributed by atoms with van der Waals surface area (Å²) in [6.07, 6.45) is 0.918. The highest BCUT2D eigenvalue weighted by molar-refractivity contribution is 8.18. The van der Waals surface area contributed by atoms with E-state index in [1.807, 2.05) is 5.32 Å². The van der Waals surface area contributed by atoms with Crippen LogP contribution in [0.1, 0.15) is 0 Å². The molecule has 0 radical (unpaired) electrons. The summed E-state index contributed by atoms with van der Waals surface area (Å²) in [5.74, 6) is -1.40. The van der Waals surface area contributed by atoms with Crippen LogP contribution in [0.4, 0.5) is 16.2 Å². The molecule has 1 aromatic carbocycles. The van der Waals surface area contributed by atoms with Gasteiger partial charge in [0.2, 0.25) is 5.91 Å². The Hall–Kier alpha value is -2.68. The van der Waals surface area contributed by atoms with Crippen LogP contribution in [0.15, 0.2) is 35.2 Å². The zero-order valence-electron chi connectivity index (χ0n) is 9.78. The normalized spacial score (nSPS) is 16.1. The van der Waals surface area contributed by atoms with Crippen molar-refractivity contribution >= 4 is 40.2 Å². The Labute approximate surface area is 116 Å². The molecule has 0 bridgehead atoms. The number of thioether (sulfide) groups is 1. The van der Waals surface area contributed by atoms with Crippen molar-refractivity contribution in [2.24, 2.45) is 0 Å². The van der Waals surface area contributed by atoms with Gasteiger partial charge >= 0.3 is 0 Å². The van der Waals surface area contributed by atoms with Crippen molar-refractivity contribution in [1.82, 2.24) is 5.32 Å². The maximum absolute atomic E-state index is 11.7. The van der Waals surface area contributed by atoms with E-state index in [0.29, 0.717) is 11.8 Å². The molecule has 20 heavy (non-hydrogen) atoms. The Morgan fingerprint density at radius 1 is 1.35 bits per heavy atom. The molecule has 2 rings (SSSR count). The van der Waals surface area contributed by atoms with Gasteiger partial charge in [0.15, 0.2) is 0 Å². The van der Waals surface area contributed by atoms with Gasteiger partial charge in [0, 0.05) is 12.1 Å². The third kappa shape index (κ3) is 3.01. The molecule has 0 aliphatic carbocycles. The predicted octanol–water partition coefficient (Wildman–Crippen LogP) is 1.40. The second-order valence-corrected chi connectivity index (χ2v) is 4.63. The smallest absolute Gasteiger partial charge is 0.292 e. The van der Waals surface area contributed by atoms with E-state index in [-0.39, 0.29) is 16.3 Å². The second kappa shape index (κ2) is 5.53. The molecule has 2 N–H and O–H groups in total. The predicted molar refractivity (Wildman–Crippen MR) is 70.9 cm³/mol. The van der Waals surface area contributed by atoms with Crippen molar-refractivity contribution in [2.45, 2.75) is 0 Å². The van der Waals surface area contributed by atoms with Crippen LogP contribution in [-0.4, -0.2) is 22.0 Å². The fraction of sp³-hybridized carbons (Fsp3) is 0. The van der Waals surface area contributed by atoms with Gasteiger partial charge in [-0.3, -0.25) is 29.8 Å². The Kier molecular flexibility index (Phi) is 3.80. The molecule has 3 amide bonds. The van der Waals surface area contributed by atoms with Crippen LogP contribution in [0.3, 0.4) is 0 Å². The molecular formula is C11H7N3O5S. The number of carbonyl (C=O) groups excluding carboxylic acids is 3. The second-order valence-electron chi connectivity index (χ2n) is 3.62. The van der Waals surface area contributed by atoms with E-state index in [4.69, 9.17) is 0 Å². The number of anilines is 1. The summed E-state index contributed by atoms with van der Waals surface area (Å²) in [6, 6.07) is 5.59. The monoisotopic (exact) mass is 293 g/mol. The van der Waals surface area contributed by atoms with Crippen molar-refractivity contribution in [1.29, 1.82) is 0 Å². The van der Waals surface area contributed by atoms with Crippen molar-refractivity contribution in [2.75, 3.05) is 5.32 Å². The Bertz CT molecular complexity index is 655. The van der Waals surface area contributed by atoms with Crippen LogP contribution in [0.5, 0.6) is 0 Å². The molecule has 0 spiro atoms. The van der Waals surface area contributed by atoms with Crippen LogP contribution in [0, 0.1) is 10.1 Å². The van der Waals surface area contributed by atoms with Gasteiger partial charge in [-0.15, -0.1) is 0 Å². The fourth-order valence-electron chi connectivity index (χ4n) is 1.45. The SMILES string of the molecule is O=C(/C=C1\SC(=O)NC1=O)Nc1ccccc1[N+](=O)[O-]. The maximum Gasteiger partial charge on any atom is 0.292 e. The number of para-hydroxylation sites is 2. The van der Waals surface area contributed by atoms with Gasteiger partial charge in [0.1, 0.15) is 5.69 Å². The minimum atomic E-state index is -0.730. The summed E-state index contributed by atoms with van der Waals surface area (Å²) in [4.78, 5) is 43.9. The van der Waals surface area contributed by atoms with Crippen LogP contribution in [0.25, 0.3) is 0 Å². The number of nitrogens with zero attached hydrogens (tertiary/aromatic N) is 1. The number of benzene rings is 1. The lowest BCUT2D eigenvalue weighted by Crippen LogP contribution is -2.19. The van der Waals surface area contributed by atoms with E-state index in [0.717, 1.165) is 6.08 Å². The van der Waals surface area contributed by atoms with Gasteiger partial charge in [-0.05, 0) is 17.8 Å². The standard InChI is InChI=1S/C11H7N3O5S/c15-9(5-8-10(16)13-11(17)20-8)12-6-3-1-2-4-7(6)14(18)19/h1-5H,(H,12,15)(H,13,16,17)/b8-5-. The summed E-state index contributed by atoms with van der Waals surface area (Å²) in [5, 5.41) is 14.5. The first kappa shape index (κ1) is 13.7. The van der Waals surface area contributed by atoms with Crippen LogP contribution >= 0.6 is 11.8 Å². The van der Waals surface area contributed by atoms with Gasteiger partial charge in [-0.1, -0.05) is 12.1 Å². The number of hydrogen-bond donors (Lipinski definition) is 2. The largest absolute Gasteiger partial charge is 0.317 e. The number of nitro benzene ring substituents is 1. The van der Waals surface area contributed by atoms with Gasteiger partial charge in [0.05, 0.1) is 9.83 Å². The topological polar surface area (TPSA) is 118 Å². The van der Waals surface area contributed by atoms with E-state index in [1.54, 1.807) is 0 Å². The number of nitro groups is 1. The zero-order valence-corrected chi connectivity index (χ0v) is 10.6. The molecule has 0 saturated carbocycles. The van der Waals surface area contributed by atoms with Gasteiger partial charge in [-0.2, -0.15) is 0 Å². The Morgan fingerprint density at radius 3 is 2.65 bits per heavy atom. The summed E-state index contributed by atoms with van der Waals surface area (Å²) in [5.41, 5.74) is -0.257. The van der Waals surface area contributed by atoms with E-state index >= 15 is 0 Å². The Balaban J connectivity index is 2.17. The molecule has 9 heteroatoms. The van der Waals surface area contributed by atoms with E-state index < -0.39 is 22.0 Å². The summed E-state index contributed by atoms with van der Waals surface area (Å²) < 4.78 is 0. The van der Waals surface area contributed by atoms with Gasteiger partial charge in [-0.25, -0.2) is 0 Å². The maximum atomic E-state index is 11.7. The molecular weight excluding hydrogens is 286 g/mol. The van der Waals surface area contributed by atoms with Gasteiger partial charge < -0.3 is 5.32 Å². The molecule has 1 fully saturated rings. The van der Waals surface area contributed by atoms with Crippen LogP contribution < -0.4 is 10.6 Å². The molecule has 0 aromatic heterocycles. The third-order valence-corrected chi connectivity index (χ3v) is 3.07. The molecule has 1 aromatic rings. The zero-order chi connectivity index (χ0) is 14.7. The van der Waals surface area contributed by atoms with E-state index in [2.05, 4.69) is 5.32 Å². The summed E-state index contributed by atoms with van der Waals surface area (Å²) in [6.45, 7) is 0. The van der Waals surface area contributed by atoms with Crippen molar-refractivity contribution in [3.05, 3.63) is 45.4 Å². The molecule has 102 valence electrons. The van der Waals surface area contributed by atoms with Gasteiger partial charge in [0.25, 0.3) is 16.8 Å². The first-order chi connectivity index (χ1) is 9.47. The molecule has 0 atom stereocenters. The van der Waals surface area contributed by atoms with Crippen LogP contribution in [-0.2, 0) is 9.59 Å². The summed E-state index contributed by atoms with van der Waals surface area (Å²) >= 11 is 0.590. The molecule has 1 aliphatic rings. The molecule has 1 aliphatic heterocycles. The number of amides is 3. The molecule has 1 saturated heterocycles. The highest BCUT2D eigenvalue weighted by atomic mass is 32.2. The first-order valence-electron chi connectivity index (χ1n) is 5.26. The molecule has 0 unspecified atom stereocenters. The van der Waals surface area contributed by atoms with Crippen molar-refractivity contribution in [3.63, 3.8) is 0 Å². The van der Waals surface area contributed by atoms with E-state index in [1.165, 1.54) is 24.3 Å². The number of imide groups is 1. The number of rotatable bonds is 3. The first-order valence-corrected chi connectivity index (χ1v) is 6.08. The van der Waals surface area contributed by atoms with Crippen molar-refractivity contribution < 1.29 is 19.3 Å². The van der Waals surface area contributed by atoms with E-state index in [9.17, 15) is 24.5 Å². The minimum absolute atomic E-state index is 0.00841. The fourth-order valence-corrected chi connectivity index (χ4v) is 2.10. The van der Waals surface area contributed by atoms with Crippen LogP contribution in [0.2, 0.25) is 0 Å². The lowest BCUT2D eigenvalue weighted by Gasteiger charge is -2.02. The molecule has 1 heterocycles. The molecule has 8 nitrogen and oxygen atoms in total. The van der Waals surface area contributed by atoms with Crippen molar-refractivity contribution in [3.8, 4) is 0 Å². The number of nitrogens with one attached hydrogen (secondary N) is 2. The summed E-state index contributed by atoms with van der Waals surface area (Å²) in [7, 11) is 0. The average Bonchev–Trinajstić information content (AvgIpc) is 2.68. The highest BCUT2D eigenvalue weighted by Gasteiger charge is 2.26. The number of hydrogen-bond acceptors (Lipinski definition) is 6.